The Morgan fingerprint density at radius 2 is 2.25 bits per heavy atom. The average molecular weight is 346 g/mol. The lowest BCUT2D eigenvalue weighted by atomic mass is 9.86. The number of nitrogens with zero attached hydrogens (tertiary/aromatic N) is 2. The number of amides is 2. The lowest BCUT2D eigenvalue weighted by Crippen LogP contribution is -2.35. The van der Waals surface area contributed by atoms with Crippen LogP contribution in [-0.4, -0.2) is 33.2 Å². The maximum atomic E-state index is 13.3. The average Bonchev–Trinajstić information content (AvgIpc) is 3.26. The van der Waals surface area contributed by atoms with E-state index in [1.165, 1.54) is 23.3 Å². The number of hydrogen-bond acceptors (Lipinski definition) is 5. The maximum absolute atomic E-state index is 13.3. The summed E-state index contributed by atoms with van der Waals surface area (Å²) in [5.74, 6) is 1.26. The molecule has 0 saturated carbocycles. The molecule has 0 bridgehead atoms. The van der Waals surface area contributed by atoms with E-state index in [9.17, 15) is 14.0 Å². The van der Waals surface area contributed by atoms with Gasteiger partial charge in [0.1, 0.15) is 12.1 Å². The molecule has 2 aliphatic heterocycles. The molecule has 0 aliphatic carbocycles. The number of thioether (sulfide) groups is 1. The number of halogens is 1. The van der Waals surface area contributed by atoms with Crippen molar-refractivity contribution in [3.8, 4) is 11.5 Å². The number of aromatic nitrogens is 1. The van der Waals surface area contributed by atoms with Gasteiger partial charge in [-0.15, -0.1) is 0 Å². The molecule has 2 aromatic rings. The van der Waals surface area contributed by atoms with E-state index in [1.807, 2.05) is 0 Å². The molecular weight excluding hydrogens is 331 g/mol. The first-order valence-electron chi connectivity index (χ1n) is 7.70. The Morgan fingerprint density at radius 3 is 3.00 bits per heavy atom. The van der Waals surface area contributed by atoms with E-state index < -0.39 is 5.41 Å². The largest absolute Gasteiger partial charge is 0.444 e. The van der Waals surface area contributed by atoms with E-state index in [4.69, 9.17) is 4.42 Å². The minimum Gasteiger partial charge on any atom is -0.444 e. The van der Waals surface area contributed by atoms with Gasteiger partial charge in [0.25, 0.3) is 0 Å². The fraction of sp³-hybridized carbons (Fsp3) is 0.353. The van der Waals surface area contributed by atoms with Crippen molar-refractivity contribution in [1.29, 1.82) is 0 Å². The normalized spacial score (nSPS) is 23.6. The van der Waals surface area contributed by atoms with Gasteiger partial charge in [-0.3, -0.25) is 14.5 Å². The van der Waals surface area contributed by atoms with Crippen molar-refractivity contribution >= 4 is 23.6 Å². The van der Waals surface area contributed by atoms with Crippen LogP contribution in [-0.2, 0) is 16.1 Å². The van der Waals surface area contributed by atoms with Gasteiger partial charge in [0.05, 0.1) is 17.7 Å². The highest BCUT2D eigenvalue weighted by molar-refractivity contribution is 7.99. The molecule has 4 rings (SSSR count). The van der Waals surface area contributed by atoms with Crippen LogP contribution in [0.2, 0.25) is 0 Å². The first-order chi connectivity index (χ1) is 11.6. The lowest BCUT2D eigenvalue weighted by Gasteiger charge is -2.19. The van der Waals surface area contributed by atoms with Crippen LogP contribution in [0.5, 0.6) is 0 Å². The maximum Gasteiger partial charge on any atom is 0.237 e. The van der Waals surface area contributed by atoms with Gasteiger partial charge in [0.15, 0.2) is 0 Å². The molecule has 0 radical (unpaired) electrons. The quantitative estimate of drug-likeness (QED) is 0.800. The molecule has 2 aliphatic rings. The predicted molar refractivity (Wildman–Crippen MR) is 86.4 cm³/mol. The second-order valence-electron chi connectivity index (χ2n) is 6.20. The summed E-state index contributed by atoms with van der Waals surface area (Å²) in [6.07, 6.45) is 2.45. The molecule has 1 aromatic carbocycles. The topological polar surface area (TPSA) is 63.4 Å². The Labute approximate surface area is 142 Å². The van der Waals surface area contributed by atoms with E-state index in [0.717, 1.165) is 12.2 Å². The van der Waals surface area contributed by atoms with Gasteiger partial charge in [-0.2, -0.15) is 11.8 Å². The standard InChI is InChI=1S/C17H15FN2O3S/c18-12-3-1-2-11(6-12)15-19-13(9-23-15)8-20-14(21)7-17(16(20)22)4-5-24-10-17/h1-3,6,9H,4-5,7-8,10H2/t17-/m1/s1. The van der Waals surface area contributed by atoms with Gasteiger partial charge in [-0.05, 0) is 30.4 Å². The second kappa shape index (κ2) is 5.73. The molecule has 5 nitrogen and oxygen atoms in total. The summed E-state index contributed by atoms with van der Waals surface area (Å²) in [4.78, 5) is 30.5. The van der Waals surface area contributed by atoms with Crippen molar-refractivity contribution in [2.24, 2.45) is 5.41 Å². The van der Waals surface area contributed by atoms with Crippen molar-refractivity contribution in [1.82, 2.24) is 9.88 Å². The summed E-state index contributed by atoms with van der Waals surface area (Å²) in [6, 6.07) is 5.93. The Hall–Kier alpha value is -2.15. The number of oxazole rings is 1. The Kier molecular flexibility index (Phi) is 3.68. The summed E-state index contributed by atoms with van der Waals surface area (Å²) >= 11 is 1.72. The number of carbonyl (C=O) groups excluding carboxylic acids is 2. The van der Waals surface area contributed by atoms with Crippen LogP contribution in [0.4, 0.5) is 4.39 Å². The first kappa shape index (κ1) is 15.4. The number of hydrogen-bond donors (Lipinski definition) is 0. The molecule has 2 amide bonds. The van der Waals surface area contributed by atoms with Crippen LogP contribution in [0.15, 0.2) is 34.9 Å². The summed E-state index contributed by atoms with van der Waals surface area (Å²) in [5, 5.41) is 0. The van der Waals surface area contributed by atoms with Gasteiger partial charge < -0.3 is 4.42 Å². The Balaban J connectivity index is 1.54. The smallest absolute Gasteiger partial charge is 0.237 e. The molecule has 0 N–H and O–H groups in total. The van der Waals surface area contributed by atoms with Gasteiger partial charge in [-0.25, -0.2) is 9.37 Å². The summed E-state index contributed by atoms with van der Waals surface area (Å²) in [6.45, 7) is 0.100. The van der Waals surface area contributed by atoms with Crippen LogP contribution in [0.25, 0.3) is 11.5 Å². The Bertz CT molecular complexity index is 814. The van der Waals surface area contributed by atoms with Crippen LogP contribution in [0.1, 0.15) is 18.5 Å². The molecule has 2 fully saturated rings. The van der Waals surface area contributed by atoms with Gasteiger partial charge in [-0.1, -0.05) is 6.07 Å². The van der Waals surface area contributed by atoms with Crippen LogP contribution < -0.4 is 0 Å². The number of imide groups is 1. The minimum absolute atomic E-state index is 0.100. The minimum atomic E-state index is -0.517. The van der Waals surface area contributed by atoms with Gasteiger partial charge in [0, 0.05) is 17.7 Å². The fourth-order valence-corrected chi connectivity index (χ4v) is 4.67. The van der Waals surface area contributed by atoms with Crippen molar-refractivity contribution in [3.05, 3.63) is 42.0 Å². The van der Waals surface area contributed by atoms with Crippen LogP contribution in [0, 0.1) is 11.2 Å². The van der Waals surface area contributed by atoms with Crippen LogP contribution >= 0.6 is 11.8 Å². The highest BCUT2D eigenvalue weighted by Gasteiger charge is 2.53. The number of carbonyl (C=O) groups is 2. The zero-order valence-electron chi connectivity index (χ0n) is 12.8. The third-order valence-corrected chi connectivity index (χ3v) is 5.79. The zero-order chi connectivity index (χ0) is 16.7. The highest BCUT2D eigenvalue weighted by atomic mass is 32.2. The van der Waals surface area contributed by atoms with E-state index in [0.29, 0.717) is 17.0 Å². The third kappa shape index (κ3) is 2.53. The van der Waals surface area contributed by atoms with Gasteiger partial charge >= 0.3 is 0 Å². The zero-order valence-corrected chi connectivity index (χ0v) is 13.6. The first-order valence-corrected chi connectivity index (χ1v) is 8.86. The van der Waals surface area contributed by atoms with E-state index >= 15 is 0 Å². The van der Waals surface area contributed by atoms with Crippen molar-refractivity contribution in [2.75, 3.05) is 11.5 Å². The number of likely N-dealkylation sites (tertiary alicyclic amines) is 1. The molecule has 1 aromatic heterocycles. The molecule has 1 atom stereocenters. The second-order valence-corrected chi connectivity index (χ2v) is 7.30. The molecule has 124 valence electrons. The molecule has 0 unspecified atom stereocenters. The summed E-state index contributed by atoms with van der Waals surface area (Å²) < 4.78 is 18.7. The van der Waals surface area contributed by atoms with Crippen molar-refractivity contribution in [2.45, 2.75) is 19.4 Å². The number of benzene rings is 1. The third-order valence-electron chi connectivity index (χ3n) is 4.54. The van der Waals surface area contributed by atoms with Gasteiger partial charge in [0.2, 0.25) is 17.7 Å². The summed E-state index contributed by atoms with van der Waals surface area (Å²) in [5.41, 5.74) is 0.485. The lowest BCUT2D eigenvalue weighted by molar-refractivity contribution is -0.141. The van der Waals surface area contributed by atoms with E-state index in [2.05, 4.69) is 4.98 Å². The molecule has 2 saturated heterocycles. The SMILES string of the molecule is O=C1C[C@@]2(CCSC2)C(=O)N1Cc1coc(-c2cccc(F)c2)n1. The highest BCUT2D eigenvalue weighted by Crippen LogP contribution is 2.45. The predicted octanol–water partition coefficient (Wildman–Crippen LogP) is 2.86. The molecule has 3 heterocycles. The van der Waals surface area contributed by atoms with Crippen LogP contribution in [0.3, 0.4) is 0 Å². The van der Waals surface area contributed by atoms with E-state index in [-0.39, 0.29) is 36.5 Å². The fourth-order valence-electron chi connectivity index (χ4n) is 3.23. The van der Waals surface area contributed by atoms with E-state index in [1.54, 1.807) is 23.9 Å². The molecule has 24 heavy (non-hydrogen) atoms. The molecule has 1 spiro atoms. The Morgan fingerprint density at radius 1 is 1.38 bits per heavy atom. The monoisotopic (exact) mass is 346 g/mol. The van der Waals surface area contributed by atoms with Crippen molar-refractivity contribution < 1.29 is 18.4 Å². The van der Waals surface area contributed by atoms with Crippen molar-refractivity contribution in [3.63, 3.8) is 0 Å². The summed E-state index contributed by atoms with van der Waals surface area (Å²) in [7, 11) is 0. The molecular formula is C17H15FN2O3S. The molecule has 7 heteroatoms. The number of rotatable bonds is 3.